The van der Waals surface area contributed by atoms with Crippen molar-refractivity contribution in [3.05, 3.63) is 47.8 Å². The minimum absolute atomic E-state index is 0.277. The largest absolute Gasteiger partial charge is 0.369 e. The predicted octanol–water partition coefficient (Wildman–Crippen LogP) is 1.34. The Morgan fingerprint density at radius 3 is 2.95 bits per heavy atom. The number of aliphatic hydroxyl groups is 1. The second-order valence-corrected chi connectivity index (χ2v) is 5.13. The van der Waals surface area contributed by atoms with Crippen LogP contribution in [0.5, 0.6) is 0 Å². The van der Waals surface area contributed by atoms with Gasteiger partial charge in [-0.25, -0.2) is 0 Å². The van der Waals surface area contributed by atoms with E-state index in [1.807, 2.05) is 31.4 Å². The van der Waals surface area contributed by atoms with Gasteiger partial charge in [0.05, 0.1) is 11.9 Å². The fraction of sp³-hybridized carbons (Fsp3) is 0.357. The molecule has 1 fully saturated rings. The molecule has 5 heteroatoms. The zero-order valence-electron chi connectivity index (χ0n) is 10.8. The lowest BCUT2D eigenvalue weighted by Crippen LogP contribution is -2.09. The molecule has 1 aliphatic rings. The summed E-state index contributed by atoms with van der Waals surface area (Å²) < 4.78 is 1.69. The number of nitrogens with two attached hydrogens (primary N) is 1. The lowest BCUT2D eigenvalue weighted by atomic mass is 10.1. The molecular formula is C14H18N4O. The van der Waals surface area contributed by atoms with Crippen molar-refractivity contribution in [2.75, 3.05) is 5.32 Å². The summed E-state index contributed by atoms with van der Waals surface area (Å²) in [7, 11) is 1.84. The SMILES string of the molecule is Cn1cc(NC(O)c2cccc([C@H]3CC3N)c2)cn1. The van der Waals surface area contributed by atoms with Crippen molar-refractivity contribution < 1.29 is 5.11 Å². The molecule has 1 aromatic heterocycles. The van der Waals surface area contributed by atoms with Crippen LogP contribution in [0.4, 0.5) is 5.69 Å². The molecule has 0 amide bonds. The van der Waals surface area contributed by atoms with E-state index >= 15 is 0 Å². The highest BCUT2D eigenvalue weighted by Gasteiger charge is 2.34. The van der Waals surface area contributed by atoms with Crippen molar-refractivity contribution in [2.45, 2.75) is 24.6 Å². The van der Waals surface area contributed by atoms with E-state index < -0.39 is 6.23 Å². The molecule has 4 N–H and O–H groups in total. The summed E-state index contributed by atoms with van der Waals surface area (Å²) >= 11 is 0. The van der Waals surface area contributed by atoms with Gasteiger partial charge in [0.1, 0.15) is 0 Å². The van der Waals surface area contributed by atoms with Crippen LogP contribution in [0.25, 0.3) is 0 Å². The quantitative estimate of drug-likeness (QED) is 0.723. The number of benzene rings is 1. The molecule has 3 atom stereocenters. The Kier molecular flexibility index (Phi) is 3.00. The van der Waals surface area contributed by atoms with Crippen LogP contribution < -0.4 is 11.1 Å². The van der Waals surface area contributed by atoms with Gasteiger partial charge in [-0.05, 0) is 12.0 Å². The molecule has 0 saturated heterocycles. The van der Waals surface area contributed by atoms with E-state index in [4.69, 9.17) is 5.73 Å². The van der Waals surface area contributed by atoms with Crippen LogP contribution in [0, 0.1) is 0 Å². The number of aliphatic hydroxyl groups excluding tert-OH is 1. The third-order valence-electron chi connectivity index (χ3n) is 3.50. The minimum Gasteiger partial charge on any atom is -0.369 e. The molecular weight excluding hydrogens is 240 g/mol. The third-order valence-corrected chi connectivity index (χ3v) is 3.50. The Labute approximate surface area is 112 Å². The first-order chi connectivity index (χ1) is 9.13. The van der Waals surface area contributed by atoms with Crippen molar-refractivity contribution in [2.24, 2.45) is 12.8 Å². The number of aromatic nitrogens is 2. The molecule has 3 rings (SSSR count). The standard InChI is InChI=1S/C14H18N4O/c1-18-8-11(7-16-18)17-14(19)10-4-2-3-9(5-10)12-6-13(12)15/h2-5,7-8,12-14,17,19H,6,15H2,1H3/t12-,13?,14?/m1/s1. The van der Waals surface area contributed by atoms with E-state index in [0.717, 1.165) is 17.7 Å². The lowest BCUT2D eigenvalue weighted by Gasteiger charge is -2.14. The van der Waals surface area contributed by atoms with Crippen LogP contribution in [0.15, 0.2) is 36.7 Å². The van der Waals surface area contributed by atoms with E-state index in [-0.39, 0.29) is 6.04 Å². The Balaban J connectivity index is 1.74. The summed E-state index contributed by atoms with van der Waals surface area (Å²) in [5, 5.41) is 17.3. The van der Waals surface area contributed by atoms with E-state index in [9.17, 15) is 5.11 Å². The topological polar surface area (TPSA) is 76.1 Å². The highest BCUT2D eigenvalue weighted by molar-refractivity contribution is 5.42. The number of hydrogen-bond donors (Lipinski definition) is 3. The van der Waals surface area contributed by atoms with Gasteiger partial charge in [0, 0.05) is 30.8 Å². The van der Waals surface area contributed by atoms with Gasteiger partial charge in [-0.1, -0.05) is 24.3 Å². The van der Waals surface area contributed by atoms with Crippen molar-refractivity contribution in [1.82, 2.24) is 9.78 Å². The van der Waals surface area contributed by atoms with E-state index in [1.54, 1.807) is 10.9 Å². The molecule has 0 radical (unpaired) electrons. The second kappa shape index (κ2) is 4.68. The summed E-state index contributed by atoms with van der Waals surface area (Å²) in [4.78, 5) is 0. The molecule has 0 bridgehead atoms. The molecule has 0 spiro atoms. The second-order valence-electron chi connectivity index (χ2n) is 5.13. The van der Waals surface area contributed by atoms with Crippen molar-refractivity contribution in [1.29, 1.82) is 0 Å². The third kappa shape index (κ3) is 2.62. The number of nitrogens with zero attached hydrogens (tertiary/aromatic N) is 2. The average Bonchev–Trinajstić information content (AvgIpc) is 3.00. The number of aryl methyl sites for hydroxylation is 1. The van der Waals surface area contributed by atoms with E-state index in [2.05, 4.69) is 16.5 Å². The fourth-order valence-electron chi connectivity index (χ4n) is 2.29. The van der Waals surface area contributed by atoms with Crippen LogP contribution in [-0.4, -0.2) is 20.9 Å². The summed E-state index contributed by atoms with van der Waals surface area (Å²) in [6.07, 6.45) is 3.81. The van der Waals surface area contributed by atoms with Crippen molar-refractivity contribution in [3.8, 4) is 0 Å². The van der Waals surface area contributed by atoms with Crippen LogP contribution in [0.2, 0.25) is 0 Å². The van der Waals surface area contributed by atoms with Crippen LogP contribution in [0.1, 0.15) is 29.7 Å². The van der Waals surface area contributed by atoms with Crippen LogP contribution in [0.3, 0.4) is 0 Å². The number of hydrogen-bond acceptors (Lipinski definition) is 4. The minimum atomic E-state index is -0.737. The summed E-state index contributed by atoms with van der Waals surface area (Å²) in [6.45, 7) is 0. The van der Waals surface area contributed by atoms with Crippen LogP contribution in [-0.2, 0) is 7.05 Å². The zero-order chi connectivity index (χ0) is 13.4. The fourth-order valence-corrected chi connectivity index (χ4v) is 2.29. The normalized spacial score (nSPS) is 23.1. The number of nitrogens with one attached hydrogen (secondary N) is 1. The van der Waals surface area contributed by atoms with Gasteiger partial charge >= 0.3 is 0 Å². The Morgan fingerprint density at radius 2 is 2.32 bits per heavy atom. The highest BCUT2D eigenvalue weighted by Crippen LogP contribution is 2.39. The molecule has 2 unspecified atom stereocenters. The molecule has 2 aromatic rings. The molecule has 100 valence electrons. The monoisotopic (exact) mass is 258 g/mol. The maximum absolute atomic E-state index is 10.2. The summed E-state index contributed by atoms with van der Waals surface area (Å²) in [5.74, 6) is 0.450. The van der Waals surface area contributed by atoms with Gasteiger partial charge in [-0.3, -0.25) is 4.68 Å². The van der Waals surface area contributed by atoms with Gasteiger partial charge in [0.15, 0.2) is 6.23 Å². The number of rotatable bonds is 4. The molecule has 1 saturated carbocycles. The smallest absolute Gasteiger partial charge is 0.150 e. The molecule has 19 heavy (non-hydrogen) atoms. The van der Waals surface area contributed by atoms with Gasteiger partial charge < -0.3 is 16.2 Å². The zero-order valence-corrected chi connectivity index (χ0v) is 10.8. The molecule has 1 aliphatic carbocycles. The lowest BCUT2D eigenvalue weighted by molar-refractivity contribution is 0.208. The van der Waals surface area contributed by atoms with Crippen LogP contribution >= 0.6 is 0 Å². The maximum atomic E-state index is 10.2. The average molecular weight is 258 g/mol. The molecule has 1 heterocycles. The first kappa shape index (κ1) is 12.2. The van der Waals surface area contributed by atoms with Gasteiger partial charge in [-0.15, -0.1) is 0 Å². The predicted molar refractivity (Wildman–Crippen MR) is 73.6 cm³/mol. The maximum Gasteiger partial charge on any atom is 0.150 e. The molecule has 5 nitrogen and oxygen atoms in total. The van der Waals surface area contributed by atoms with E-state index in [0.29, 0.717) is 5.92 Å². The molecule has 0 aliphatic heterocycles. The van der Waals surface area contributed by atoms with Gasteiger partial charge in [0.25, 0.3) is 0 Å². The Bertz CT molecular complexity index is 580. The first-order valence-corrected chi connectivity index (χ1v) is 6.42. The van der Waals surface area contributed by atoms with Crippen molar-refractivity contribution >= 4 is 5.69 Å². The highest BCUT2D eigenvalue weighted by atomic mass is 16.3. The van der Waals surface area contributed by atoms with Crippen molar-refractivity contribution in [3.63, 3.8) is 0 Å². The Morgan fingerprint density at radius 1 is 1.53 bits per heavy atom. The molecule has 1 aromatic carbocycles. The van der Waals surface area contributed by atoms with Gasteiger partial charge in [-0.2, -0.15) is 5.10 Å². The summed E-state index contributed by atoms with van der Waals surface area (Å²) in [5.41, 5.74) is 8.71. The first-order valence-electron chi connectivity index (χ1n) is 6.42. The Hall–Kier alpha value is -1.85. The number of anilines is 1. The summed E-state index contributed by atoms with van der Waals surface area (Å²) in [6, 6.07) is 8.23. The van der Waals surface area contributed by atoms with E-state index in [1.165, 1.54) is 5.56 Å². The van der Waals surface area contributed by atoms with Gasteiger partial charge in [0.2, 0.25) is 0 Å².